The Kier molecular flexibility index (Phi) is 8.12. The van der Waals surface area contributed by atoms with Crippen LogP contribution in [-0.4, -0.2) is 4.57 Å². The SMILES string of the molecule is CC1(C)c2ccccc2-c2ccc(N(c3ccc4c(c3)-n3c5ccccc5c5cccc(c53)C43c4ccccc4-c4ccccc43)c3cccc4c3-c3ccccc3C4(c3ccccc3)c3ccccc3)cc21. The van der Waals surface area contributed by atoms with E-state index in [0.717, 1.165) is 17.1 Å². The fourth-order valence-electron chi connectivity index (χ4n) is 14.6. The van der Waals surface area contributed by atoms with Gasteiger partial charge in [0.25, 0.3) is 0 Å². The van der Waals surface area contributed by atoms with Crippen molar-refractivity contribution in [1.82, 2.24) is 4.57 Å². The highest BCUT2D eigenvalue weighted by Crippen LogP contribution is 2.63. The van der Waals surface area contributed by atoms with Gasteiger partial charge in [0.1, 0.15) is 0 Å². The smallest absolute Gasteiger partial charge is 0.0754 e. The summed E-state index contributed by atoms with van der Waals surface area (Å²) in [6, 6.07) is 96.6. The van der Waals surface area contributed by atoms with Crippen molar-refractivity contribution in [3.05, 3.63) is 310 Å². The van der Waals surface area contributed by atoms with Crippen LogP contribution in [0.2, 0.25) is 0 Å². The van der Waals surface area contributed by atoms with Gasteiger partial charge in [0.15, 0.2) is 0 Å². The fourth-order valence-corrected chi connectivity index (χ4v) is 14.6. The van der Waals surface area contributed by atoms with Gasteiger partial charge in [-0.2, -0.15) is 0 Å². The summed E-state index contributed by atoms with van der Waals surface area (Å²) in [5, 5.41) is 2.54. The molecule has 12 aromatic rings. The van der Waals surface area contributed by atoms with Gasteiger partial charge in [-0.05, 0) is 120 Å². The molecule has 4 aliphatic rings. The van der Waals surface area contributed by atoms with Crippen LogP contribution in [0.15, 0.2) is 255 Å². The minimum Gasteiger partial charge on any atom is -0.310 e. The number of hydrogen-bond acceptors (Lipinski definition) is 1. The van der Waals surface area contributed by atoms with Crippen LogP contribution in [0.5, 0.6) is 0 Å². The van der Waals surface area contributed by atoms with Gasteiger partial charge < -0.3 is 9.47 Å². The molecule has 73 heavy (non-hydrogen) atoms. The third-order valence-electron chi connectivity index (χ3n) is 17.5. The molecular weight excluding hydrogens is 881 g/mol. The summed E-state index contributed by atoms with van der Waals surface area (Å²) in [5.74, 6) is 0. The summed E-state index contributed by atoms with van der Waals surface area (Å²) in [4.78, 5) is 2.59. The van der Waals surface area contributed by atoms with Crippen molar-refractivity contribution in [1.29, 1.82) is 0 Å². The zero-order valence-corrected chi connectivity index (χ0v) is 40.6. The summed E-state index contributed by atoms with van der Waals surface area (Å²) >= 11 is 0. The van der Waals surface area contributed by atoms with Crippen molar-refractivity contribution in [2.24, 2.45) is 0 Å². The Balaban J connectivity index is 1.03. The highest BCUT2D eigenvalue weighted by molar-refractivity contribution is 6.13. The number of rotatable bonds is 5. The van der Waals surface area contributed by atoms with E-state index >= 15 is 0 Å². The third kappa shape index (κ3) is 5.03. The minimum absolute atomic E-state index is 0.195. The van der Waals surface area contributed by atoms with E-state index in [1.54, 1.807) is 0 Å². The number of hydrogen-bond donors (Lipinski definition) is 0. The number of aromatic nitrogens is 1. The Bertz CT molecular complexity index is 4220. The largest absolute Gasteiger partial charge is 0.310 e. The number of nitrogens with zero attached hydrogens (tertiary/aromatic N) is 2. The van der Waals surface area contributed by atoms with E-state index in [0.29, 0.717) is 0 Å². The van der Waals surface area contributed by atoms with Gasteiger partial charge >= 0.3 is 0 Å². The highest BCUT2D eigenvalue weighted by Gasteiger charge is 2.52. The first kappa shape index (κ1) is 40.7. The molecule has 11 aromatic carbocycles. The summed E-state index contributed by atoms with van der Waals surface area (Å²) in [5.41, 5.74) is 26.6. The average Bonchev–Trinajstić information content (AvgIpc) is 4.13. The van der Waals surface area contributed by atoms with Crippen LogP contribution in [0.4, 0.5) is 17.1 Å². The van der Waals surface area contributed by atoms with E-state index in [4.69, 9.17) is 0 Å². The number of anilines is 3. The van der Waals surface area contributed by atoms with Crippen molar-refractivity contribution >= 4 is 38.9 Å². The number of fused-ring (bicyclic) bond motifs is 18. The summed E-state index contributed by atoms with van der Waals surface area (Å²) in [6.07, 6.45) is 0. The number of benzene rings is 11. The van der Waals surface area contributed by atoms with Crippen molar-refractivity contribution in [2.75, 3.05) is 4.90 Å². The van der Waals surface area contributed by atoms with E-state index in [-0.39, 0.29) is 5.41 Å². The standard InChI is InChI=1S/C71H48N2/c1-69(2)56-31-14-9-25-49(56)52-41-39-47(43-63(52)69)72(65-38-20-35-61-67(65)55-29-12-17-34-59(55)70(61,45-21-5-3-6-22-45)46-23-7-4-8-24-46)48-40-42-60-66(44-48)73-64-37-18-13-28-53(64)54-30-19-36-62(68(54)73)71(60)57-32-15-10-26-50(57)51-27-11-16-33-58(51)71/h3-44H,1-2H3. The van der Waals surface area contributed by atoms with Crippen LogP contribution in [0.1, 0.15) is 69.5 Å². The highest BCUT2D eigenvalue weighted by atomic mass is 15.2. The molecule has 0 radical (unpaired) electrons. The molecule has 342 valence electrons. The quantitative estimate of drug-likeness (QED) is 0.167. The predicted octanol–water partition coefficient (Wildman–Crippen LogP) is 17.6. The van der Waals surface area contributed by atoms with Gasteiger partial charge in [0.2, 0.25) is 0 Å². The first-order chi connectivity index (χ1) is 36.0. The molecule has 0 N–H and O–H groups in total. The maximum Gasteiger partial charge on any atom is 0.0754 e. The van der Waals surface area contributed by atoms with Crippen LogP contribution in [0, 0.1) is 0 Å². The molecule has 3 aliphatic carbocycles. The molecule has 0 saturated heterocycles. The molecule has 0 amide bonds. The summed E-state index contributed by atoms with van der Waals surface area (Å²) in [6.45, 7) is 4.79. The normalized spacial score (nSPS) is 15.0. The first-order valence-corrected chi connectivity index (χ1v) is 25.8. The van der Waals surface area contributed by atoms with E-state index < -0.39 is 10.8 Å². The van der Waals surface area contributed by atoms with Crippen LogP contribution in [-0.2, 0) is 16.2 Å². The van der Waals surface area contributed by atoms with Gasteiger partial charge in [-0.15, -0.1) is 0 Å². The Morgan fingerprint density at radius 2 is 0.822 bits per heavy atom. The fraction of sp³-hybridized carbons (Fsp3) is 0.0704. The van der Waals surface area contributed by atoms with Crippen LogP contribution < -0.4 is 4.90 Å². The average molecular weight is 929 g/mol. The second-order valence-corrected chi connectivity index (χ2v) is 21.1. The molecule has 2 heterocycles. The Morgan fingerprint density at radius 3 is 1.52 bits per heavy atom. The van der Waals surface area contributed by atoms with Crippen molar-refractivity contribution in [2.45, 2.75) is 30.1 Å². The molecule has 2 nitrogen and oxygen atoms in total. The molecule has 1 spiro atoms. The zero-order valence-electron chi connectivity index (χ0n) is 40.6. The van der Waals surface area contributed by atoms with Crippen molar-refractivity contribution in [3.63, 3.8) is 0 Å². The van der Waals surface area contributed by atoms with Crippen molar-refractivity contribution < 1.29 is 0 Å². The molecule has 0 saturated carbocycles. The monoisotopic (exact) mass is 928 g/mol. The van der Waals surface area contributed by atoms with Gasteiger partial charge in [-0.3, -0.25) is 0 Å². The topological polar surface area (TPSA) is 8.17 Å². The van der Waals surface area contributed by atoms with E-state index in [1.165, 1.54) is 117 Å². The molecule has 0 atom stereocenters. The van der Waals surface area contributed by atoms with Gasteiger partial charge in [-0.25, -0.2) is 0 Å². The van der Waals surface area contributed by atoms with Crippen LogP contribution in [0.25, 0.3) is 60.9 Å². The lowest BCUT2D eigenvalue weighted by molar-refractivity contribution is 0.660. The van der Waals surface area contributed by atoms with Gasteiger partial charge in [0, 0.05) is 33.1 Å². The Morgan fingerprint density at radius 1 is 0.329 bits per heavy atom. The van der Waals surface area contributed by atoms with Crippen LogP contribution in [0.3, 0.4) is 0 Å². The molecule has 0 fully saturated rings. The lowest BCUT2D eigenvalue weighted by atomic mass is 9.65. The molecule has 0 bridgehead atoms. The Hall–Kier alpha value is -8.98. The molecule has 1 aliphatic heterocycles. The summed E-state index contributed by atoms with van der Waals surface area (Å²) in [7, 11) is 0. The maximum atomic E-state index is 2.59. The van der Waals surface area contributed by atoms with Crippen LogP contribution >= 0.6 is 0 Å². The zero-order chi connectivity index (χ0) is 48.2. The van der Waals surface area contributed by atoms with E-state index in [1.807, 2.05) is 0 Å². The summed E-state index contributed by atoms with van der Waals surface area (Å²) < 4.78 is 2.59. The molecule has 0 unspecified atom stereocenters. The minimum atomic E-state index is -0.553. The molecular formula is C71H48N2. The molecule has 2 heteroatoms. The number of para-hydroxylation sites is 2. The van der Waals surface area contributed by atoms with Gasteiger partial charge in [-0.1, -0.05) is 232 Å². The second kappa shape index (κ2) is 14.6. The van der Waals surface area contributed by atoms with Gasteiger partial charge in [0.05, 0.1) is 33.2 Å². The molecule has 1 aromatic heterocycles. The Labute approximate surface area is 425 Å². The lowest BCUT2D eigenvalue weighted by Crippen LogP contribution is -2.33. The van der Waals surface area contributed by atoms with Crippen molar-refractivity contribution in [3.8, 4) is 39.1 Å². The lowest BCUT2D eigenvalue weighted by Gasteiger charge is -2.40. The van der Waals surface area contributed by atoms with E-state index in [2.05, 4.69) is 278 Å². The maximum absolute atomic E-state index is 2.59. The predicted molar refractivity (Wildman–Crippen MR) is 301 cm³/mol. The third-order valence-corrected chi connectivity index (χ3v) is 17.5. The molecule has 16 rings (SSSR count). The second-order valence-electron chi connectivity index (χ2n) is 21.1. The first-order valence-electron chi connectivity index (χ1n) is 25.8. The van der Waals surface area contributed by atoms with E-state index in [9.17, 15) is 0 Å².